The molecule has 1 aliphatic rings. The molecule has 0 N–H and O–H groups in total. The van der Waals surface area contributed by atoms with Crippen molar-refractivity contribution in [3.63, 3.8) is 0 Å². The minimum Gasteiger partial charge on any atom is -0.469 e. The van der Waals surface area contributed by atoms with E-state index >= 15 is 0 Å². The molecule has 6 nitrogen and oxygen atoms in total. The maximum Gasteiger partial charge on any atom is 0.305 e. The van der Waals surface area contributed by atoms with Gasteiger partial charge in [0.05, 0.1) is 26.4 Å². The minimum atomic E-state index is -0.264. The first-order chi connectivity index (χ1) is 10.5. The fourth-order valence-corrected chi connectivity index (χ4v) is 2.58. The second-order valence-electron chi connectivity index (χ2n) is 5.89. The van der Waals surface area contributed by atoms with E-state index in [1.54, 1.807) is 0 Å². The predicted octanol–water partition coefficient (Wildman–Crippen LogP) is 2.44. The number of methoxy groups -OCH3 is 2. The lowest BCUT2D eigenvalue weighted by atomic mass is 10.0. The van der Waals surface area contributed by atoms with Crippen LogP contribution in [0.1, 0.15) is 52.4 Å². The summed E-state index contributed by atoms with van der Waals surface area (Å²) in [4.78, 5) is 22.3. The third kappa shape index (κ3) is 6.75. The molecule has 1 aliphatic heterocycles. The summed E-state index contributed by atoms with van der Waals surface area (Å²) in [6.07, 6.45) is 3.87. The van der Waals surface area contributed by atoms with Crippen LogP contribution in [-0.4, -0.2) is 44.7 Å². The smallest absolute Gasteiger partial charge is 0.305 e. The van der Waals surface area contributed by atoms with Crippen LogP contribution in [-0.2, 0) is 28.5 Å². The van der Waals surface area contributed by atoms with Crippen LogP contribution in [0, 0.1) is 5.92 Å². The van der Waals surface area contributed by atoms with Gasteiger partial charge in [0.15, 0.2) is 6.29 Å². The zero-order valence-electron chi connectivity index (χ0n) is 14.0. The van der Waals surface area contributed by atoms with Crippen molar-refractivity contribution in [1.82, 2.24) is 0 Å². The molecule has 0 aromatic heterocycles. The van der Waals surface area contributed by atoms with E-state index in [1.807, 2.05) is 13.8 Å². The molecule has 0 spiro atoms. The van der Waals surface area contributed by atoms with Gasteiger partial charge in [0, 0.05) is 19.3 Å². The lowest BCUT2D eigenvalue weighted by Crippen LogP contribution is -2.19. The molecular formula is C16H28O6. The molecular weight excluding hydrogens is 288 g/mol. The first-order valence-electron chi connectivity index (χ1n) is 7.90. The van der Waals surface area contributed by atoms with Crippen molar-refractivity contribution < 1.29 is 28.5 Å². The molecule has 0 aromatic carbocycles. The fourth-order valence-electron chi connectivity index (χ4n) is 2.58. The van der Waals surface area contributed by atoms with Crippen molar-refractivity contribution in [3.8, 4) is 0 Å². The van der Waals surface area contributed by atoms with E-state index in [0.29, 0.717) is 19.3 Å². The van der Waals surface area contributed by atoms with Crippen molar-refractivity contribution in [2.45, 2.75) is 70.9 Å². The molecule has 6 heteroatoms. The van der Waals surface area contributed by atoms with Gasteiger partial charge < -0.3 is 18.9 Å². The number of carbonyl (C=O) groups excluding carboxylic acids is 2. The summed E-state index contributed by atoms with van der Waals surface area (Å²) < 4.78 is 21.0. The van der Waals surface area contributed by atoms with E-state index in [2.05, 4.69) is 9.47 Å². The molecule has 1 fully saturated rings. The zero-order chi connectivity index (χ0) is 16.5. The van der Waals surface area contributed by atoms with Crippen molar-refractivity contribution in [1.29, 1.82) is 0 Å². The number of rotatable bonds is 9. The Morgan fingerprint density at radius 1 is 1.09 bits per heavy atom. The quantitative estimate of drug-likeness (QED) is 0.480. The SMILES string of the molecule is COC(=O)CCCCC1OC(CC(C)CC(=O)OC)OC1C. The van der Waals surface area contributed by atoms with Crippen LogP contribution in [0.4, 0.5) is 0 Å². The Bertz CT molecular complexity index is 357. The van der Waals surface area contributed by atoms with Gasteiger partial charge in [-0.05, 0) is 25.7 Å². The summed E-state index contributed by atoms with van der Waals surface area (Å²) in [6, 6.07) is 0. The first kappa shape index (κ1) is 18.9. The normalized spacial score (nSPS) is 25.7. The predicted molar refractivity (Wildman–Crippen MR) is 80.1 cm³/mol. The molecule has 22 heavy (non-hydrogen) atoms. The Hall–Kier alpha value is -1.14. The average Bonchev–Trinajstić information content (AvgIpc) is 2.82. The molecule has 0 amide bonds. The molecule has 0 aromatic rings. The molecule has 4 unspecified atom stereocenters. The number of hydrogen-bond acceptors (Lipinski definition) is 6. The number of ether oxygens (including phenoxy) is 4. The molecule has 4 atom stereocenters. The van der Waals surface area contributed by atoms with Crippen LogP contribution in [0.3, 0.4) is 0 Å². The van der Waals surface area contributed by atoms with Gasteiger partial charge in [-0.15, -0.1) is 0 Å². The number of hydrogen-bond donors (Lipinski definition) is 0. The summed E-state index contributed by atoms with van der Waals surface area (Å²) in [5, 5.41) is 0. The van der Waals surface area contributed by atoms with E-state index in [0.717, 1.165) is 19.3 Å². The van der Waals surface area contributed by atoms with Crippen LogP contribution >= 0.6 is 0 Å². The topological polar surface area (TPSA) is 71.1 Å². The monoisotopic (exact) mass is 316 g/mol. The third-order valence-electron chi connectivity index (χ3n) is 3.90. The van der Waals surface area contributed by atoms with Gasteiger partial charge in [0.25, 0.3) is 0 Å². The van der Waals surface area contributed by atoms with Crippen molar-refractivity contribution in [3.05, 3.63) is 0 Å². The standard InChI is InChI=1S/C16H28O6/c1-11(9-15(18)20-4)10-16-21-12(2)13(22-16)7-5-6-8-14(17)19-3/h11-13,16H,5-10H2,1-4H3. The molecule has 0 radical (unpaired) electrons. The summed E-state index contributed by atoms with van der Waals surface area (Å²) in [6.45, 7) is 3.98. The Balaban J connectivity index is 2.23. The van der Waals surface area contributed by atoms with Gasteiger partial charge in [0.2, 0.25) is 0 Å². The van der Waals surface area contributed by atoms with Gasteiger partial charge in [-0.3, -0.25) is 9.59 Å². The van der Waals surface area contributed by atoms with Gasteiger partial charge in [-0.2, -0.15) is 0 Å². The summed E-state index contributed by atoms with van der Waals surface area (Å²) in [5.41, 5.74) is 0. The highest BCUT2D eigenvalue weighted by Gasteiger charge is 2.33. The first-order valence-corrected chi connectivity index (χ1v) is 7.90. The average molecular weight is 316 g/mol. The Kier molecular flexibility index (Phi) is 8.42. The molecule has 0 aliphatic carbocycles. The van der Waals surface area contributed by atoms with E-state index in [-0.39, 0.29) is 36.4 Å². The Morgan fingerprint density at radius 2 is 1.77 bits per heavy atom. The summed E-state index contributed by atoms with van der Waals surface area (Å²) in [7, 11) is 2.79. The second kappa shape index (κ2) is 9.79. The van der Waals surface area contributed by atoms with Crippen LogP contribution < -0.4 is 0 Å². The molecule has 1 heterocycles. The van der Waals surface area contributed by atoms with Crippen molar-refractivity contribution >= 4 is 11.9 Å². The van der Waals surface area contributed by atoms with Crippen molar-refractivity contribution in [2.75, 3.05) is 14.2 Å². The minimum absolute atomic E-state index is 0.0356. The van der Waals surface area contributed by atoms with Crippen LogP contribution in [0.15, 0.2) is 0 Å². The molecule has 1 rings (SSSR count). The molecule has 0 bridgehead atoms. The molecule has 0 saturated carbocycles. The highest BCUT2D eigenvalue weighted by atomic mass is 16.7. The zero-order valence-corrected chi connectivity index (χ0v) is 14.0. The second-order valence-corrected chi connectivity index (χ2v) is 5.89. The van der Waals surface area contributed by atoms with E-state index in [9.17, 15) is 9.59 Å². The molecule has 1 saturated heterocycles. The third-order valence-corrected chi connectivity index (χ3v) is 3.90. The maximum absolute atomic E-state index is 11.2. The maximum atomic E-state index is 11.2. The van der Waals surface area contributed by atoms with E-state index in [4.69, 9.17) is 9.47 Å². The highest BCUT2D eigenvalue weighted by molar-refractivity contribution is 5.69. The highest BCUT2D eigenvalue weighted by Crippen LogP contribution is 2.28. The van der Waals surface area contributed by atoms with Crippen molar-refractivity contribution in [2.24, 2.45) is 5.92 Å². The van der Waals surface area contributed by atoms with E-state index in [1.165, 1.54) is 14.2 Å². The summed E-state index contributed by atoms with van der Waals surface area (Å²) in [5.74, 6) is -0.230. The van der Waals surface area contributed by atoms with Crippen LogP contribution in [0.2, 0.25) is 0 Å². The summed E-state index contributed by atoms with van der Waals surface area (Å²) >= 11 is 0. The lowest BCUT2D eigenvalue weighted by molar-refractivity contribution is -0.143. The molecule has 128 valence electrons. The number of esters is 2. The van der Waals surface area contributed by atoms with Gasteiger partial charge in [0.1, 0.15) is 0 Å². The fraction of sp³-hybridized carbons (Fsp3) is 0.875. The van der Waals surface area contributed by atoms with Crippen LogP contribution in [0.25, 0.3) is 0 Å². The van der Waals surface area contributed by atoms with Gasteiger partial charge in [-0.1, -0.05) is 13.3 Å². The number of unbranched alkanes of at least 4 members (excludes halogenated alkanes) is 1. The number of carbonyl (C=O) groups is 2. The van der Waals surface area contributed by atoms with Crippen LogP contribution in [0.5, 0.6) is 0 Å². The Labute approximate surface area is 132 Å². The van der Waals surface area contributed by atoms with E-state index < -0.39 is 0 Å². The Morgan fingerprint density at radius 3 is 2.41 bits per heavy atom. The largest absolute Gasteiger partial charge is 0.469 e. The van der Waals surface area contributed by atoms with Gasteiger partial charge in [-0.25, -0.2) is 0 Å². The van der Waals surface area contributed by atoms with Gasteiger partial charge >= 0.3 is 11.9 Å². The lowest BCUT2D eigenvalue weighted by Gasteiger charge is -2.15.